The third kappa shape index (κ3) is 5.07. The fourth-order valence-corrected chi connectivity index (χ4v) is 5.32. The van der Waals surface area contributed by atoms with Crippen molar-refractivity contribution in [3.8, 4) is 0 Å². The number of aryl methyl sites for hydroxylation is 2. The maximum atomic E-state index is 13.5. The Morgan fingerprint density at radius 2 is 1.88 bits per heavy atom. The average Bonchev–Trinajstić information content (AvgIpc) is 3.48. The number of carbonyl (C=O) groups excluding carboxylic acids is 2. The van der Waals surface area contributed by atoms with Crippen molar-refractivity contribution >= 4 is 23.6 Å². The Bertz CT molecular complexity index is 1030. The Labute approximate surface area is 193 Å². The lowest BCUT2D eigenvalue weighted by molar-refractivity contribution is -0.125. The van der Waals surface area contributed by atoms with Crippen LogP contribution in [0.1, 0.15) is 45.8 Å². The number of rotatable bonds is 7. The monoisotopic (exact) mass is 448 g/mol. The van der Waals surface area contributed by atoms with Crippen molar-refractivity contribution in [3.05, 3.63) is 95.4 Å². The lowest BCUT2D eigenvalue weighted by Crippen LogP contribution is -2.50. The fraction of sp³-hybridized carbons (Fsp3) is 0.308. The summed E-state index contributed by atoms with van der Waals surface area (Å²) in [6, 6.07) is 19.1. The van der Waals surface area contributed by atoms with E-state index in [0.29, 0.717) is 11.3 Å². The molecule has 1 aliphatic rings. The van der Waals surface area contributed by atoms with Gasteiger partial charge in [-0.05, 0) is 50.5 Å². The average molecular weight is 449 g/mol. The lowest BCUT2D eigenvalue weighted by Gasteiger charge is -2.29. The highest BCUT2D eigenvalue weighted by Gasteiger charge is 2.43. The van der Waals surface area contributed by atoms with E-state index in [2.05, 4.69) is 17.4 Å². The van der Waals surface area contributed by atoms with Crippen LogP contribution in [0, 0.1) is 6.92 Å². The van der Waals surface area contributed by atoms with Crippen LogP contribution in [0.25, 0.3) is 0 Å². The smallest absolute Gasteiger partial charge is 0.255 e. The number of thioether (sulfide) groups is 1. The summed E-state index contributed by atoms with van der Waals surface area (Å²) >= 11 is 1.59. The summed E-state index contributed by atoms with van der Waals surface area (Å²) in [5.74, 6) is 0.299. The summed E-state index contributed by atoms with van der Waals surface area (Å²) < 4.78 is 5.26. The molecule has 1 aliphatic heterocycles. The molecular weight excluding hydrogens is 420 g/mol. The molecule has 0 radical (unpaired) electrons. The predicted octanol–water partition coefficient (Wildman–Crippen LogP) is 4.98. The van der Waals surface area contributed by atoms with Crippen LogP contribution in [0.15, 0.2) is 77.6 Å². The van der Waals surface area contributed by atoms with Crippen molar-refractivity contribution in [2.75, 3.05) is 5.75 Å². The number of carbonyl (C=O) groups is 2. The minimum absolute atomic E-state index is 0.0111. The summed E-state index contributed by atoms with van der Waals surface area (Å²) in [5.41, 5.74) is 3.82. The van der Waals surface area contributed by atoms with Gasteiger partial charge in [0.05, 0.1) is 12.5 Å². The topological polar surface area (TPSA) is 62.6 Å². The van der Waals surface area contributed by atoms with Crippen LogP contribution in [-0.4, -0.2) is 34.6 Å². The first-order valence-electron chi connectivity index (χ1n) is 10.9. The van der Waals surface area contributed by atoms with E-state index in [9.17, 15) is 9.59 Å². The molecule has 3 aromatic rings. The van der Waals surface area contributed by atoms with Gasteiger partial charge >= 0.3 is 0 Å². The van der Waals surface area contributed by atoms with Gasteiger partial charge in [-0.15, -0.1) is 11.8 Å². The molecule has 1 saturated heterocycles. The van der Waals surface area contributed by atoms with E-state index in [1.54, 1.807) is 29.2 Å². The lowest BCUT2D eigenvalue weighted by atomic mass is 10.1. The van der Waals surface area contributed by atoms with Crippen LogP contribution in [0.3, 0.4) is 0 Å². The molecule has 6 heteroatoms. The maximum Gasteiger partial charge on any atom is 0.255 e. The Kier molecular flexibility index (Phi) is 7.00. The highest BCUT2D eigenvalue weighted by molar-refractivity contribution is 7.99. The van der Waals surface area contributed by atoms with Crippen molar-refractivity contribution in [3.63, 3.8) is 0 Å². The van der Waals surface area contributed by atoms with Gasteiger partial charge in [-0.25, -0.2) is 0 Å². The van der Waals surface area contributed by atoms with Gasteiger partial charge in [0, 0.05) is 22.9 Å². The second-order valence-corrected chi connectivity index (χ2v) is 9.38. The molecule has 0 spiro atoms. The molecule has 2 heterocycles. The third-order valence-corrected chi connectivity index (χ3v) is 7.09. The number of benzene rings is 2. The highest BCUT2D eigenvalue weighted by atomic mass is 32.2. The van der Waals surface area contributed by atoms with Gasteiger partial charge in [-0.1, -0.05) is 48.0 Å². The number of amides is 2. The Morgan fingerprint density at radius 3 is 2.56 bits per heavy atom. The molecule has 5 nitrogen and oxygen atoms in total. The molecule has 0 saturated carbocycles. The van der Waals surface area contributed by atoms with Crippen molar-refractivity contribution in [2.45, 2.75) is 44.1 Å². The van der Waals surface area contributed by atoms with Crippen LogP contribution in [0.2, 0.25) is 0 Å². The molecule has 0 aliphatic carbocycles. The number of hydrogen-bond donors (Lipinski definition) is 1. The Balaban J connectivity index is 1.48. The fourth-order valence-electron chi connectivity index (χ4n) is 3.91. The molecule has 1 fully saturated rings. The number of nitrogens with one attached hydrogen (secondary N) is 1. The minimum atomic E-state index is -0.534. The summed E-state index contributed by atoms with van der Waals surface area (Å²) in [6.07, 6.45) is 4.98. The van der Waals surface area contributed by atoms with Gasteiger partial charge < -0.3 is 14.6 Å². The first-order chi connectivity index (χ1) is 15.5. The summed E-state index contributed by atoms with van der Waals surface area (Å²) in [6.45, 7) is 4.00. The van der Waals surface area contributed by atoms with Crippen molar-refractivity contribution in [1.29, 1.82) is 0 Å². The highest BCUT2D eigenvalue weighted by Crippen LogP contribution is 2.42. The molecule has 166 valence electrons. The van der Waals surface area contributed by atoms with E-state index >= 15 is 0 Å². The zero-order valence-corrected chi connectivity index (χ0v) is 19.2. The van der Waals surface area contributed by atoms with Gasteiger partial charge in [0.15, 0.2) is 0 Å². The zero-order chi connectivity index (χ0) is 22.5. The molecule has 3 unspecified atom stereocenters. The summed E-state index contributed by atoms with van der Waals surface area (Å²) in [7, 11) is 0. The molecule has 2 amide bonds. The molecule has 0 bridgehead atoms. The number of hydrogen-bond acceptors (Lipinski definition) is 4. The molecule has 3 atom stereocenters. The number of nitrogens with zero attached hydrogens (tertiary/aromatic N) is 1. The van der Waals surface area contributed by atoms with Crippen molar-refractivity contribution in [2.24, 2.45) is 0 Å². The minimum Gasteiger partial charge on any atom is -0.472 e. The van der Waals surface area contributed by atoms with Gasteiger partial charge in [-0.3, -0.25) is 9.59 Å². The standard InChI is InChI=1S/C26H28N2O3S/c1-18-8-12-21(13-9-18)25(30)28-23(17-32-26(28)22-14-15-31-16-22)24(29)27-19(2)10-11-20-6-4-3-5-7-20/h3-9,12-16,19,23,26H,10-11,17H2,1-2H3,(H,27,29). The van der Waals surface area contributed by atoms with Crippen LogP contribution in [0.5, 0.6) is 0 Å². The van der Waals surface area contributed by atoms with Gasteiger partial charge in [0.1, 0.15) is 11.4 Å². The predicted molar refractivity (Wildman–Crippen MR) is 127 cm³/mol. The van der Waals surface area contributed by atoms with Crippen molar-refractivity contribution < 1.29 is 14.0 Å². The van der Waals surface area contributed by atoms with Crippen LogP contribution in [0.4, 0.5) is 0 Å². The van der Waals surface area contributed by atoms with Gasteiger partial charge in [0.2, 0.25) is 5.91 Å². The summed E-state index contributed by atoms with van der Waals surface area (Å²) in [4.78, 5) is 28.4. The van der Waals surface area contributed by atoms with E-state index in [-0.39, 0.29) is 23.2 Å². The maximum absolute atomic E-state index is 13.5. The van der Waals surface area contributed by atoms with E-state index in [1.807, 2.05) is 62.4 Å². The van der Waals surface area contributed by atoms with E-state index in [0.717, 1.165) is 24.0 Å². The molecule has 1 N–H and O–H groups in total. The SMILES string of the molecule is Cc1ccc(C(=O)N2C(C(=O)NC(C)CCc3ccccc3)CSC2c2ccoc2)cc1. The molecule has 4 rings (SSSR count). The first kappa shape index (κ1) is 22.2. The van der Waals surface area contributed by atoms with Crippen LogP contribution < -0.4 is 5.32 Å². The Morgan fingerprint density at radius 1 is 1.12 bits per heavy atom. The van der Waals surface area contributed by atoms with Gasteiger partial charge in [0.25, 0.3) is 5.91 Å². The van der Waals surface area contributed by atoms with Crippen molar-refractivity contribution in [1.82, 2.24) is 10.2 Å². The molecule has 2 aromatic carbocycles. The van der Waals surface area contributed by atoms with Gasteiger partial charge in [-0.2, -0.15) is 0 Å². The van der Waals surface area contributed by atoms with E-state index in [4.69, 9.17) is 4.42 Å². The zero-order valence-electron chi connectivity index (χ0n) is 18.4. The third-order valence-electron chi connectivity index (χ3n) is 5.76. The normalized spacial score (nSPS) is 19.0. The number of furan rings is 1. The van der Waals surface area contributed by atoms with E-state index < -0.39 is 6.04 Å². The van der Waals surface area contributed by atoms with Crippen LogP contribution >= 0.6 is 11.8 Å². The largest absolute Gasteiger partial charge is 0.472 e. The second-order valence-electron chi connectivity index (χ2n) is 8.27. The molecule has 32 heavy (non-hydrogen) atoms. The Hall–Kier alpha value is -2.99. The van der Waals surface area contributed by atoms with Crippen LogP contribution in [-0.2, 0) is 11.2 Å². The van der Waals surface area contributed by atoms with E-state index in [1.165, 1.54) is 5.56 Å². The second kappa shape index (κ2) is 10.1. The molecular formula is C26H28N2O3S. The summed E-state index contributed by atoms with van der Waals surface area (Å²) in [5, 5.41) is 2.88. The first-order valence-corrected chi connectivity index (χ1v) is 11.9. The molecule has 1 aromatic heterocycles. The quantitative estimate of drug-likeness (QED) is 0.554.